The van der Waals surface area contributed by atoms with E-state index in [0.29, 0.717) is 19.0 Å². The summed E-state index contributed by atoms with van der Waals surface area (Å²) >= 11 is 0. The van der Waals surface area contributed by atoms with Crippen LogP contribution in [0, 0.1) is 5.92 Å². The van der Waals surface area contributed by atoms with Crippen molar-refractivity contribution in [1.82, 2.24) is 10.2 Å². The van der Waals surface area contributed by atoms with Crippen molar-refractivity contribution in [3.05, 3.63) is 0 Å². The smallest absolute Gasteiger partial charge is 0.329 e. The number of ether oxygens (including phenoxy) is 1. The first-order chi connectivity index (χ1) is 9.02. The lowest BCUT2D eigenvalue weighted by atomic mass is 9.85. The van der Waals surface area contributed by atoms with Crippen molar-refractivity contribution in [3.63, 3.8) is 0 Å². The molecule has 108 valence electrons. The van der Waals surface area contributed by atoms with Gasteiger partial charge in [0.2, 0.25) is 0 Å². The van der Waals surface area contributed by atoms with Gasteiger partial charge in [0.15, 0.2) is 0 Å². The van der Waals surface area contributed by atoms with Gasteiger partial charge < -0.3 is 14.7 Å². The summed E-state index contributed by atoms with van der Waals surface area (Å²) in [6, 6.07) is -0.446. The summed E-state index contributed by atoms with van der Waals surface area (Å²) in [5.41, 5.74) is 0. The molecular weight excluding hydrogens is 252 g/mol. The quantitative estimate of drug-likeness (QED) is 0.701. The molecule has 0 saturated heterocycles. The van der Waals surface area contributed by atoms with Crippen molar-refractivity contribution in [2.45, 2.75) is 26.2 Å². The monoisotopic (exact) mass is 272 g/mol. The van der Waals surface area contributed by atoms with Gasteiger partial charge in [-0.15, -0.1) is 0 Å². The highest BCUT2D eigenvalue weighted by Gasteiger charge is 2.23. The number of amides is 3. The van der Waals surface area contributed by atoms with E-state index in [9.17, 15) is 14.4 Å². The maximum absolute atomic E-state index is 11.8. The average molecular weight is 272 g/mol. The molecule has 0 heterocycles. The molecule has 1 aliphatic rings. The standard InChI is InChI=1S/C12H20N2O5/c1-2-14(6-9-4-3-5-9)12(18)13-10(15)7-19-8-11(16)17/h9H,2-8H2,1H3,(H,16,17)(H,13,15,18). The molecule has 1 fully saturated rings. The highest BCUT2D eigenvalue weighted by atomic mass is 16.5. The average Bonchev–Trinajstić information content (AvgIpc) is 2.26. The molecule has 0 unspecified atom stereocenters. The number of aliphatic carboxylic acids is 1. The Morgan fingerprint density at radius 2 is 2.00 bits per heavy atom. The molecule has 0 bridgehead atoms. The molecule has 1 rings (SSSR count). The lowest BCUT2D eigenvalue weighted by Gasteiger charge is -2.31. The van der Waals surface area contributed by atoms with E-state index >= 15 is 0 Å². The number of carboxylic acids is 1. The minimum Gasteiger partial charge on any atom is -0.480 e. The van der Waals surface area contributed by atoms with E-state index < -0.39 is 31.1 Å². The molecule has 3 amide bonds. The molecule has 19 heavy (non-hydrogen) atoms. The summed E-state index contributed by atoms with van der Waals surface area (Å²) in [5.74, 6) is -1.25. The Morgan fingerprint density at radius 1 is 1.32 bits per heavy atom. The van der Waals surface area contributed by atoms with Gasteiger partial charge >= 0.3 is 12.0 Å². The predicted octanol–water partition coefficient (Wildman–Crippen LogP) is 0.446. The van der Waals surface area contributed by atoms with Crippen LogP contribution in [0.25, 0.3) is 0 Å². The molecular formula is C12H20N2O5. The molecule has 0 aromatic rings. The van der Waals surface area contributed by atoms with Crippen molar-refractivity contribution >= 4 is 17.9 Å². The normalized spacial score (nSPS) is 14.6. The Morgan fingerprint density at radius 3 is 2.47 bits per heavy atom. The zero-order valence-corrected chi connectivity index (χ0v) is 11.1. The Hall–Kier alpha value is -1.63. The van der Waals surface area contributed by atoms with Gasteiger partial charge in [-0.25, -0.2) is 9.59 Å². The van der Waals surface area contributed by atoms with Gasteiger partial charge in [-0.2, -0.15) is 0 Å². The maximum atomic E-state index is 11.8. The molecule has 7 heteroatoms. The van der Waals surface area contributed by atoms with Gasteiger partial charge in [-0.1, -0.05) is 6.42 Å². The molecule has 0 spiro atoms. The number of carbonyl (C=O) groups excluding carboxylic acids is 2. The Labute approximate surface area is 111 Å². The Bertz CT molecular complexity index is 341. The number of carboxylic acid groups (broad SMARTS) is 1. The van der Waals surface area contributed by atoms with Gasteiger partial charge in [0.05, 0.1) is 0 Å². The van der Waals surface area contributed by atoms with E-state index in [1.807, 2.05) is 6.92 Å². The van der Waals surface area contributed by atoms with Crippen molar-refractivity contribution in [2.24, 2.45) is 5.92 Å². The summed E-state index contributed by atoms with van der Waals surface area (Å²) in [5, 5.41) is 10.5. The SMILES string of the molecule is CCN(CC1CCC1)C(=O)NC(=O)COCC(=O)O. The fourth-order valence-corrected chi connectivity index (χ4v) is 1.81. The Kier molecular flexibility index (Phi) is 6.27. The molecule has 2 N–H and O–H groups in total. The van der Waals surface area contributed by atoms with E-state index in [1.165, 1.54) is 6.42 Å². The van der Waals surface area contributed by atoms with Crippen molar-refractivity contribution < 1.29 is 24.2 Å². The van der Waals surface area contributed by atoms with Crippen LogP contribution in [-0.4, -0.2) is 54.2 Å². The number of nitrogens with one attached hydrogen (secondary N) is 1. The van der Waals surface area contributed by atoms with E-state index in [4.69, 9.17) is 5.11 Å². The second-order valence-corrected chi connectivity index (χ2v) is 4.58. The summed E-state index contributed by atoms with van der Waals surface area (Å²) in [4.78, 5) is 34.9. The van der Waals surface area contributed by atoms with Crippen LogP contribution in [0.3, 0.4) is 0 Å². The second kappa shape index (κ2) is 7.73. The van der Waals surface area contributed by atoms with Crippen LogP contribution in [0.1, 0.15) is 26.2 Å². The fraction of sp³-hybridized carbons (Fsp3) is 0.750. The number of nitrogens with zero attached hydrogens (tertiary/aromatic N) is 1. The van der Waals surface area contributed by atoms with Crippen LogP contribution in [0.15, 0.2) is 0 Å². The van der Waals surface area contributed by atoms with Gasteiger partial charge in [0, 0.05) is 13.1 Å². The zero-order chi connectivity index (χ0) is 14.3. The number of carbonyl (C=O) groups is 3. The third-order valence-electron chi connectivity index (χ3n) is 3.08. The van der Waals surface area contributed by atoms with Gasteiger partial charge in [0.25, 0.3) is 5.91 Å². The largest absolute Gasteiger partial charge is 0.480 e. The predicted molar refractivity (Wildman–Crippen MR) is 66.6 cm³/mol. The molecule has 7 nitrogen and oxygen atoms in total. The summed E-state index contributed by atoms with van der Waals surface area (Å²) in [6.45, 7) is 2.06. The second-order valence-electron chi connectivity index (χ2n) is 4.58. The first-order valence-corrected chi connectivity index (χ1v) is 6.41. The minimum absolute atomic E-state index is 0.432. The minimum atomic E-state index is -1.15. The number of hydrogen-bond donors (Lipinski definition) is 2. The lowest BCUT2D eigenvalue weighted by Crippen LogP contribution is -2.46. The molecule has 0 aliphatic heterocycles. The lowest BCUT2D eigenvalue weighted by molar-refractivity contribution is -0.143. The topological polar surface area (TPSA) is 95.9 Å². The number of rotatable bonds is 7. The number of hydrogen-bond acceptors (Lipinski definition) is 4. The van der Waals surface area contributed by atoms with Gasteiger partial charge in [-0.3, -0.25) is 10.1 Å². The van der Waals surface area contributed by atoms with Crippen molar-refractivity contribution in [1.29, 1.82) is 0 Å². The van der Waals surface area contributed by atoms with Crippen LogP contribution in [0.4, 0.5) is 4.79 Å². The fourth-order valence-electron chi connectivity index (χ4n) is 1.81. The molecule has 1 aliphatic carbocycles. The summed E-state index contributed by atoms with van der Waals surface area (Å²) < 4.78 is 4.60. The van der Waals surface area contributed by atoms with Crippen molar-refractivity contribution in [3.8, 4) is 0 Å². The van der Waals surface area contributed by atoms with Crippen LogP contribution in [0.5, 0.6) is 0 Å². The maximum Gasteiger partial charge on any atom is 0.329 e. The Balaban J connectivity index is 2.26. The third kappa shape index (κ3) is 5.69. The van der Waals surface area contributed by atoms with Gasteiger partial charge in [-0.05, 0) is 25.7 Å². The molecule has 0 aromatic heterocycles. The molecule has 0 aromatic carbocycles. The van der Waals surface area contributed by atoms with Gasteiger partial charge in [0.1, 0.15) is 13.2 Å². The van der Waals surface area contributed by atoms with Crippen LogP contribution >= 0.6 is 0 Å². The summed E-state index contributed by atoms with van der Waals surface area (Å²) in [6.07, 6.45) is 3.45. The highest BCUT2D eigenvalue weighted by Crippen LogP contribution is 2.26. The molecule has 0 atom stereocenters. The van der Waals surface area contributed by atoms with Crippen LogP contribution in [0.2, 0.25) is 0 Å². The zero-order valence-electron chi connectivity index (χ0n) is 11.1. The number of urea groups is 1. The van der Waals surface area contributed by atoms with E-state index in [-0.39, 0.29) is 0 Å². The van der Waals surface area contributed by atoms with Crippen LogP contribution < -0.4 is 5.32 Å². The third-order valence-corrected chi connectivity index (χ3v) is 3.08. The molecule has 1 saturated carbocycles. The van der Waals surface area contributed by atoms with Crippen LogP contribution in [-0.2, 0) is 14.3 Å². The van der Waals surface area contributed by atoms with E-state index in [0.717, 1.165) is 12.8 Å². The first kappa shape index (κ1) is 15.4. The summed E-state index contributed by atoms with van der Waals surface area (Å²) in [7, 11) is 0. The first-order valence-electron chi connectivity index (χ1n) is 6.41. The number of imide groups is 1. The van der Waals surface area contributed by atoms with Crippen molar-refractivity contribution in [2.75, 3.05) is 26.3 Å². The van der Waals surface area contributed by atoms with E-state index in [1.54, 1.807) is 4.90 Å². The van der Waals surface area contributed by atoms with E-state index in [2.05, 4.69) is 10.1 Å². The molecule has 0 radical (unpaired) electrons. The highest BCUT2D eigenvalue weighted by molar-refractivity contribution is 5.95.